The van der Waals surface area contributed by atoms with Crippen molar-refractivity contribution >= 4 is 23.1 Å². The minimum Gasteiger partial charge on any atom is -0.485 e. The molecule has 0 aliphatic carbocycles. The van der Waals surface area contributed by atoms with Gasteiger partial charge >= 0.3 is 0 Å². The minimum atomic E-state index is -0.912. The topological polar surface area (TPSA) is 63.9 Å². The second-order valence-corrected chi connectivity index (χ2v) is 6.92. The van der Waals surface area contributed by atoms with E-state index in [0.29, 0.717) is 31.4 Å². The first kappa shape index (κ1) is 21.2. The van der Waals surface area contributed by atoms with Crippen LogP contribution in [0.1, 0.15) is 29.5 Å². The van der Waals surface area contributed by atoms with Gasteiger partial charge in [0, 0.05) is 25.1 Å². The number of nitrogens with one attached hydrogen (secondary N) is 1. The van der Waals surface area contributed by atoms with E-state index in [4.69, 9.17) is 26.1 Å². The normalized spacial score (nSPS) is 16.5. The van der Waals surface area contributed by atoms with Gasteiger partial charge in [-0.2, -0.15) is 0 Å². The summed E-state index contributed by atoms with van der Waals surface area (Å²) >= 11 is 5.39. The van der Waals surface area contributed by atoms with Gasteiger partial charge in [0.05, 0.1) is 19.4 Å². The molecule has 1 unspecified atom stereocenters. The van der Waals surface area contributed by atoms with Crippen LogP contribution in [0.25, 0.3) is 0 Å². The summed E-state index contributed by atoms with van der Waals surface area (Å²) in [6, 6.07) is 5.62. The molecule has 29 heavy (non-hydrogen) atoms. The van der Waals surface area contributed by atoms with Crippen molar-refractivity contribution < 1.29 is 27.5 Å². The van der Waals surface area contributed by atoms with Gasteiger partial charge < -0.3 is 24.1 Å². The van der Waals surface area contributed by atoms with Crippen molar-refractivity contribution in [1.29, 1.82) is 0 Å². The molecule has 1 saturated heterocycles. The highest BCUT2D eigenvalue weighted by molar-refractivity contribution is 7.80. The third-order valence-corrected chi connectivity index (χ3v) is 4.88. The highest BCUT2D eigenvalue weighted by atomic mass is 32.1. The third kappa shape index (κ3) is 5.51. The zero-order valence-corrected chi connectivity index (χ0v) is 16.8. The fraction of sp³-hybridized carbons (Fsp3) is 0.400. The van der Waals surface area contributed by atoms with Crippen molar-refractivity contribution in [2.45, 2.75) is 26.0 Å². The van der Waals surface area contributed by atoms with Crippen LogP contribution >= 0.6 is 12.2 Å². The Morgan fingerprint density at radius 3 is 2.79 bits per heavy atom. The number of Topliss-reactive ketones (excluding diaryl/α,β-unsaturated/α-hetero) is 1. The Balaban J connectivity index is 1.54. The number of hydrogen-bond acceptors (Lipinski definition) is 5. The SMILES string of the molecule is CCC(=O)c1cc(F)c(OCC2CN(C(=S)NCc3ccco3)CCO2)c(F)c1. The predicted octanol–water partition coefficient (Wildman–Crippen LogP) is 3.30. The molecule has 6 nitrogen and oxygen atoms in total. The summed E-state index contributed by atoms with van der Waals surface area (Å²) in [5.74, 6) is -1.92. The van der Waals surface area contributed by atoms with E-state index in [1.165, 1.54) is 0 Å². The standard InChI is InChI=1S/C20H22F2N2O4S/c1-2-18(25)13-8-16(21)19(17(22)9-13)28-12-15-11-24(5-7-27-15)20(29)23-10-14-4-3-6-26-14/h3-4,6,8-9,15H,2,5,7,10-12H2,1H3,(H,23,29). The quantitative estimate of drug-likeness (QED) is 0.540. The van der Waals surface area contributed by atoms with E-state index in [2.05, 4.69) is 5.32 Å². The Morgan fingerprint density at radius 1 is 1.38 bits per heavy atom. The van der Waals surface area contributed by atoms with Crippen molar-refractivity contribution in [2.75, 3.05) is 26.3 Å². The summed E-state index contributed by atoms with van der Waals surface area (Å²) in [6.45, 7) is 3.46. The number of rotatable bonds is 7. The molecule has 1 aliphatic heterocycles. The first-order chi connectivity index (χ1) is 14.0. The molecule has 9 heteroatoms. The molecule has 1 atom stereocenters. The largest absolute Gasteiger partial charge is 0.485 e. The van der Waals surface area contributed by atoms with E-state index >= 15 is 0 Å². The number of halogens is 2. The zero-order valence-electron chi connectivity index (χ0n) is 16.0. The second kappa shape index (κ2) is 9.80. The van der Waals surface area contributed by atoms with Crippen LogP contribution in [0.4, 0.5) is 8.78 Å². The van der Waals surface area contributed by atoms with Crippen molar-refractivity contribution in [1.82, 2.24) is 10.2 Å². The summed E-state index contributed by atoms with van der Waals surface area (Å²) in [7, 11) is 0. The van der Waals surface area contributed by atoms with E-state index < -0.39 is 23.5 Å². The molecule has 3 rings (SSSR count). The van der Waals surface area contributed by atoms with Crippen LogP contribution in [0.15, 0.2) is 34.9 Å². The predicted molar refractivity (Wildman–Crippen MR) is 106 cm³/mol. The third-order valence-electron chi connectivity index (χ3n) is 4.47. The average Bonchev–Trinajstić information content (AvgIpc) is 3.24. The fourth-order valence-electron chi connectivity index (χ4n) is 2.93. The van der Waals surface area contributed by atoms with Crippen LogP contribution < -0.4 is 10.1 Å². The minimum absolute atomic E-state index is 0.0112. The maximum atomic E-state index is 14.2. The van der Waals surface area contributed by atoms with Crippen molar-refractivity contribution in [3.05, 3.63) is 53.5 Å². The van der Waals surface area contributed by atoms with Gasteiger partial charge in [-0.25, -0.2) is 8.78 Å². The maximum absolute atomic E-state index is 14.2. The van der Waals surface area contributed by atoms with Gasteiger partial charge in [0.1, 0.15) is 18.5 Å². The lowest BCUT2D eigenvalue weighted by Gasteiger charge is -2.34. The lowest BCUT2D eigenvalue weighted by atomic mass is 10.1. The molecule has 156 valence electrons. The maximum Gasteiger partial charge on any atom is 0.190 e. The Labute approximate surface area is 172 Å². The highest BCUT2D eigenvalue weighted by Crippen LogP contribution is 2.24. The van der Waals surface area contributed by atoms with Gasteiger partial charge in [-0.1, -0.05) is 6.92 Å². The van der Waals surface area contributed by atoms with E-state index in [1.54, 1.807) is 19.3 Å². The van der Waals surface area contributed by atoms with E-state index in [9.17, 15) is 13.6 Å². The second-order valence-electron chi connectivity index (χ2n) is 6.53. The van der Waals surface area contributed by atoms with Crippen LogP contribution in [0, 0.1) is 11.6 Å². The Kier molecular flexibility index (Phi) is 7.16. The number of furan rings is 1. The monoisotopic (exact) mass is 424 g/mol. The summed E-state index contributed by atoms with van der Waals surface area (Å²) in [5.41, 5.74) is -0.0112. The molecular weight excluding hydrogens is 402 g/mol. The molecule has 1 aliphatic rings. The number of ether oxygens (including phenoxy) is 2. The van der Waals surface area contributed by atoms with Gasteiger partial charge in [-0.05, 0) is 36.5 Å². The number of nitrogens with zero attached hydrogens (tertiary/aromatic N) is 1. The molecule has 0 saturated carbocycles. The number of carbonyl (C=O) groups excluding carboxylic acids is 1. The van der Waals surface area contributed by atoms with E-state index in [-0.39, 0.29) is 24.4 Å². The number of benzene rings is 1. The average molecular weight is 424 g/mol. The number of carbonyl (C=O) groups is 1. The smallest absolute Gasteiger partial charge is 0.190 e. The van der Waals surface area contributed by atoms with Crippen LogP contribution in [-0.4, -0.2) is 48.2 Å². The Morgan fingerprint density at radius 2 is 2.14 bits per heavy atom. The van der Waals surface area contributed by atoms with Crippen LogP contribution in [0.2, 0.25) is 0 Å². The van der Waals surface area contributed by atoms with Crippen molar-refractivity contribution in [2.24, 2.45) is 0 Å². The van der Waals surface area contributed by atoms with Gasteiger partial charge in [0.2, 0.25) is 0 Å². The van der Waals surface area contributed by atoms with Gasteiger partial charge in [0.25, 0.3) is 0 Å². The number of thiocarbonyl (C=S) groups is 1. The number of morpholine rings is 1. The molecule has 0 spiro atoms. The summed E-state index contributed by atoms with van der Waals surface area (Å²) in [4.78, 5) is 13.5. The van der Waals surface area contributed by atoms with Crippen molar-refractivity contribution in [3.8, 4) is 5.75 Å². The zero-order chi connectivity index (χ0) is 20.8. The van der Waals surface area contributed by atoms with Gasteiger partial charge in [-0.15, -0.1) is 0 Å². The lowest BCUT2D eigenvalue weighted by molar-refractivity contribution is -0.0299. The highest BCUT2D eigenvalue weighted by Gasteiger charge is 2.24. The molecule has 1 aromatic carbocycles. The van der Waals surface area contributed by atoms with Gasteiger partial charge in [-0.3, -0.25) is 4.79 Å². The molecule has 1 aromatic heterocycles. The first-order valence-corrected chi connectivity index (χ1v) is 9.70. The number of ketones is 1. The van der Waals surface area contributed by atoms with Crippen LogP contribution in [0.5, 0.6) is 5.75 Å². The molecule has 2 aromatic rings. The molecule has 1 fully saturated rings. The first-order valence-electron chi connectivity index (χ1n) is 9.29. The van der Waals surface area contributed by atoms with Crippen LogP contribution in [-0.2, 0) is 11.3 Å². The molecule has 2 heterocycles. The Bertz CT molecular complexity index is 837. The van der Waals surface area contributed by atoms with Gasteiger partial charge in [0.15, 0.2) is 28.3 Å². The van der Waals surface area contributed by atoms with E-state index in [1.807, 2.05) is 11.0 Å². The molecule has 0 radical (unpaired) electrons. The van der Waals surface area contributed by atoms with Crippen molar-refractivity contribution in [3.63, 3.8) is 0 Å². The summed E-state index contributed by atoms with van der Waals surface area (Å²) in [5, 5.41) is 3.64. The molecular formula is C20H22F2N2O4S. The Hall–Kier alpha value is -2.52. The number of hydrogen-bond donors (Lipinski definition) is 1. The molecule has 0 bridgehead atoms. The summed E-state index contributed by atoms with van der Waals surface area (Å²) in [6.07, 6.45) is 1.34. The fourth-order valence-corrected chi connectivity index (χ4v) is 3.17. The van der Waals surface area contributed by atoms with Crippen LogP contribution in [0.3, 0.4) is 0 Å². The molecule has 0 amide bonds. The summed E-state index contributed by atoms with van der Waals surface area (Å²) < 4.78 is 44.6. The van der Waals surface area contributed by atoms with E-state index in [0.717, 1.165) is 17.9 Å². The lowest BCUT2D eigenvalue weighted by Crippen LogP contribution is -2.50. The molecule has 1 N–H and O–H groups in total.